The molecule has 2 aromatic carbocycles. The van der Waals surface area contributed by atoms with Gasteiger partial charge in [-0.2, -0.15) is 5.26 Å². The molecule has 0 bridgehead atoms. The number of nitriles is 1. The maximum atomic E-state index is 13.6. The predicted molar refractivity (Wildman–Crippen MR) is 85.7 cm³/mol. The largest absolute Gasteiger partial charge is 0.461 e. The zero-order valence-electron chi connectivity index (χ0n) is 13.2. The fraction of sp³-hybridized carbons (Fsp3) is 0.211. The SMILES string of the molecule is Cc1ccc(C(=O)CCC(=O)OCc2cc(C#N)ccc2F)cc1. The van der Waals surface area contributed by atoms with Crippen LogP contribution in [0.1, 0.15) is 39.9 Å². The number of carbonyl (C=O) groups excluding carboxylic acids is 2. The van der Waals surface area contributed by atoms with Gasteiger partial charge in [0, 0.05) is 17.5 Å². The van der Waals surface area contributed by atoms with E-state index < -0.39 is 11.8 Å². The van der Waals surface area contributed by atoms with Crippen molar-refractivity contribution in [2.75, 3.05) is 0 Å². The molecule has 0 aliphatic rings. The van der Waals surface area contributed by atoms with E-state index in [0.29, 0.717) is 5.56 Å². The average Bonchev–Trinajstić information content (AvgIpc) is 2.59. The third-order valence-electron chi connectivity index (χ3n) is 3.49. The molecule has 0 fully saturated rings. The van der Waals surface area contributed by atoms with Crippen molar-refractivity contribution < 1.29 is 18.7 Å². The summed E-state index contributed by atoms with van der Waals surface area (Å²) in [6.07, 6.45) is -0.0467. The lowest BCUT2D eigenvalue weighted by atomic mass is 10.1. The van der Waals surface area contributed by atoms with Crippen molar-refractivity contribution in [3.05, 3.63) is 70.5 Å². The predicted octanol–water partition coefficient (Wildman–Crippen LogP) is 3.71. The number of esters is 1. The van der Waals surface area contributed by atoms with E-state index in [4.69, 9.17) is 10.00 Å². The Hall–Kier alpha value is -3.00. The Morgan fingerprint density at radius 2 is 1.83 bits per heavy atom. The minimum absolute atomic E-state index is 0.0304. The zero-order chi connectivity index (χ0) is 17.5. The molecule has 4 nitrogen and oxygen atoms in total. The number of ether oxygens (including phenoxy) is 1. The van der Waals surface area contributed by atoms with Crippen LogP contribution in [-0.4, -0.2) is 11.8 Å². The van der Waals surface area contributed by atoms with Gasteiger partial charge >= 0.3 is 5.97 Å². The first-order chi connectivity index (χ1) is 11.5. The number of aryl methyl sites for hydroxylation is 1. The van der Waals surface area contributed by atoms with Gasteiger partial charge in [0.15, 0.2) is 5.78 Å². The number of rotatable bonds is 6. The number of halogens is 1. The van der Waals surface area contributed by atoms with Crippen LogP contribution < -0.4 is 0 Å². The summed E-state index contributed by atoms with van der Waals surface area (Å²) in [7, 11) is 0. The molecule has 0 saturated carbocycles. The van der Waals surface area contributed by atoms with Crippen LogP contribution in [0, 0.1) is 24.1 Å². The van der Waals surface area contributed by atoms with Gasteiger partial charge in [-0.15, -0.1) is 0 Å². The van der Waals surface area contributed by atoms with Crippen LogP contribution in [-0.2, 0) is 16.1 Å². The minimum Gasteiger partial charge on any atom is -0.461 e. The van der Waals surface area contributed by atoms with Gasteiger partial charge in [-0.25, -0.2) is 4.39 Å². The number of hydrogen-bond donors (Lipinski definition) is 0. The minimum atomic E-state index is -0.586. The molecule has 0 aromatic heterocycles. The molecular formula is C19H16FNO3. The number of carbonyl (C=O) groups is 2. The van der Waals surface area contributed by atoms with Crippen LogP contribution >= 0.6 is 0 Å². The third-order valence-corrected chi connectivity index (χ3v) is 3.49. The van der Waals surface area contributed by atoms with Gasteiger partial charge in [0.2, 0.25) is 0 Å². The van der Waals surface area contributed by atoms with Crippen LogP contribution in [0.15, 0.2) is 42.5 Å². The Morgan fingerprint density at radius 1 is 1.12 bits per heavy atom. The molecule has 2 rings (SSSR count). The molecule has 0 heterocycles. The third kappa shape index (κ3) is 4.75. The van der Waals surface area contributed by atoms with E-state index >= 15 is 0 Å². The van der Waals surface area contributed by atoms with Gasteiger partial charge in [0.25, 0.3) is 0 Å². The first-order valence-corrected chi connectivity index (χ1v) is 7.43. The van der Waals surface area contributed by atoms with Crippen molar-refractivity contribution in [2.24, 2.45) is 0 Å². The second-order valence-electron chi connectivity index (χ2n) is 5.37. The summed E-state index contributed by atoms with van der Waals surface area (Å²) < 4.78 is 18.5. The lowest BCUT2D eigenvalue weighted by Crippen LogP contribution is -2.09. The van der Waals surface area contributed by atoms with Gasteiger partial charge in [-0.1, -0.05) is 29.8 Å². The summed E-state index contributed by atoms with van der Waals surface area (Å²) in [6.45, 7) is 1.66. The average molecular weight is 325 g/mol. The van der Waals surface area contributed by atoms with Crippen LogP contribution in [0.2, 0.25) is 0 Å². The number of nitrogens with zero attached hydrogens (tertiary/aromatic N) is 1. The summed E-state index contributed by atoms with van der Waals surface area (Å²) in [5, 5.41) is 8.78. The molecule has 0 unspecified atom stereocenters. The topological polar surface area (TPSA) is 67.2 Å². The molecule has 0 amide bonds. The number of hydrogen-bond acceptors (Lipinski definition) is 4. The van der Waals surface area contributed by atoms with Crippen molar-refractivity contribution in [3.63, 3.8) is 0 Å². The Kier molecular flexibility index (Phi) is 5.80. The number of benzene rings is 2. The standard InChI is InChI=1S/C19H16FNO3/c1-13-2-5-15(6-3-13)18(22)8-9-19(23)24-12-16-10-14(11-21)4-7-17(16)20/h2-7,10H,8-9,12H2,1H3. The molecule has 0 atom stereocenters. The number of ketones is 1. The van der Waals surface area contributed by atoms with E-state index in [1.54, 1.807) is 12.1 Å². The van der Waals surface area contributed by atoms with Crippen LogP contribution in [0.4, 0.5) is 4.39 Å². The molecule has 5 heteroatoms. The van der Waals surface area contributed by atoms with Crippen molar-refractivity contribution in [3.8, 4) is 6.07 Å². The monoisotopic (exact) mass is 325 g/mol. The van der Waals surface area contributed by atoms with Crippen molar-refractivity contribution >= 4 is 11.8 Å². The molecule has 0 N–H and O–H groups in total. The maximum Gasteiger partial charge on any atom is 0.306 e. The van der Waals surface area contributed by atoms with E-state index in [1.807, 2.05) is 25.1 Å². The highest BCUT2D eigenvalue weighted by molar-refractivity contribution is 5.97. The molecule has 0 aliphatic heterocycles. The molecule has 0 aliphatic carbocycles. The van der Waals surface area contributed by atoms with E-state index in [0.717, 1.165) is 11.6 Å². The van der Waals surface area contributed by atoms with E-state index in [-0.39, 0.29) is 36.4 Å². The molecule has 2 aromatic rings. The van der Waals surface area contributed by atoms with Crippen LogP contribution in [0.25, 0.3) is 0 Å². The fourth-order valence-electron chi connectivity index (χ4n) is 2.08. The van der Waals surface area contributed by atoms with Gasteiger partial charge < -0.3 is 4.74 Å². The second-order valence-corrected chi connectivity index (χ2v) is 5.37. The summed E-state index contributed by atoms with van der Waals surface area (Å²) >= 11 is 0. The first kappa shape index (κ1) is 17.4. The maximum absolute atomic E-state index is 13.6. The van der Waals surface area contributed by atoms with Crippen LogP contribution in [0.3, 0.4) is 0 Å². The molecular weight excluding hydrogens is 309 g/mol. The van der Waals surface area contributed by atoms with E-state index in [2.05, 4.69) is 0 Å². The van der Waals surface area contributed by atoms with Gasteiger partial charge in [-0.05, 0) is 25.1 Å². The van der Waals surface area contributed by atoms with Gasteiger partial charge in [-0.3, -0.25) is 9.59 Å². The Labute approximate surface area is 139 Å². The van der Waals surface area contributed by atoms with E-state index in [9.17, 15) is 14.0 Å². The van der Waals surface area contributed by atoms with Gasteiger partial charge in [0.05, 0.1) is 18.1 Å². The molecule has 24 heavy (non-hydrogen) atoms. The normalized spacial score (nSPS) is 10.0. The first-order valence-electron chi connectivity index (χ1n) is 7.43. The highest BCUT2D eigenvalue weighted by Gasteiger charge is 2.12. The van der Waals surface area contributed by atoms with E-state index in [1.165, 1.54) is 12.1 Å². The van der Waals surface area contributed by atoms with Gasteiger partial charge in [0.1, 0.15) is 12.4 Å². The lowest BCUT2D eigenvalue weighted by molar-refractivity contribution is -0.144. The molecule has 122 valence electrons. The Morgan fingerprint density at radius 3 is 2.50 bits per heavy atom. The highest BCUT2D eigenvalue weighted by Crippen LogP contribution is 2.13. The lowest BCUT2D eigenvalue weighted by Gasteiger charge is -2.06. The Bertz CT molecular complexity index is 791. The van der Waals surface area contributed by atoms with Crippen molar-refractivity contribution in [2.45, 2.75) is 26.4 Å². The highest BCUT2D eigenvalue weighted by atomic mass is 19.1. The quantitative estimate of drug-likeness (QED) is 0.600. The zero-order valence-corrected chi connectivity index (χ0v) is 13.2. The summed E-state index contributed by atoms with van der Waals surface area (Å²) in [4.78, 5) is 23.7. The second kappa shape index (κ2) is 8.02. The Balaban J connectivity index is 1.84. The molecule has 0 spiro atoms. The smallest absolute Gasteiger partial charge is 0.306 e. The fourth-order valence-corrected chi connectivity index (χ4v) is 2.08. The van der Waals surface area contributed by atoms with Crippen molar-refractivity contribution in [1.82, 2.24) is 0 Å². The summed E-state index contributed by atoms with van der Waals surface area (Å²) in [6, 6.07) is 12.8. The number of Topliss-reactive ketones (excluding diaryl/α,β-unsaturated/α-hetero) is 1. The molecule has 0 saturated heterocycles. The van der Waals surface area contributed by atoms with Crippen LogP contribution in [0.5, 0.6) is 0 Å². The van der Waals surface area contributed by atoms with Crippen molar-refractivity contribution in [1.29, 1.82) is 5.26 Å². The molecule has 0 radical (unpaired) electrons. The summed E-state index contributed by atoms with van der Waals surface area (Å²) in [5.41, 5.74) is 2.01. The summed E-state index contributed by atoms with van der Waals surface area (Å²) in [5.74, 6) is -1.28.